The van der Waals surface area contributed by atoms with E-state index in [1.165, 1.54) is 12.1 Å². The van der Waals surface area contributed by atoms with Gasteiger partial charge in [0.1, 0.15) is 0 Å². The molecule has 0 heterocycles. The van der Waals surface area contributed by atoms with Crippen LogP contribution in [-0.2, 0) is 6.42 Å². The molecule has 1 unspecified atom stereocenters. The van der Waals surface area contributed by atoms with Crippen LogP contribution in [0.1, 0.15) is 5.56 Å². The monoisotopic (exact) mass is 265 g/mol. The van der Waals surface area contributed by atoms with Gasteiger partial charge in [-0.3, -0.25) is 0 Å². The number of aliphatic hydroxyl groups is 1. The first-order valence-corrected chi connectivity index (χ1v) is 5.16. The summed E-state index contributed by atoms with van der Waals surface area (Å²) in [6, 6.07) is 6.00. The third-order valence-corrected chi connectivity index (χ3v) is 2.43. The van der Waals surface area contributed by atoms with Crippen molar-refractivity contribution in [2.24, 2.45) is 0 Å². The Bertz CT molecular complexity index is 393. The third-order valence-electron chi connectivity index (χ3n) is 1.99. The van der Waals surface area contributed by atoms with Crippen LogP contribution in [0.2, 0.25) is 5.02 Å². The Morgan fingerprint density at radius 2 is 2.12 bits per heavy atom. The normalized spacial score (nSPS) is 13.6. The molecule has 0 spiro atoms. The van der Waals surface area contributed by atoms with Crippen LogP contribution in [-0.4, -0.2) is 17.1 Å². The molecule has 0 aliphatic rings. The first-order valence-electron chi connectivity index (χ1n) is 4.41. The van der Waals surface area contributed by atoms with Crippen LogP contribution in [0.15, 0.2) is 29.3 Å². The first kappa shape index (κ1) is 13.4. The number of benzene rings is 1. The molecule has 1 nitrogen and oxygen atoms in total. The average molecular weight is 266 g/mol. The lowest BCUT2D eigenvalue weighted by molar-refractivity contribution is -0.0871. The van der Waals surface area contributed by atoms with E-state index in [0.29, 0.717) is 10.6 Å². The zero-order valence-electron chi connectivity index (χ0n) is 8.13. The minimum Gasteiger partial charge on any atom is -0.381 e. The molecule has 87 valence electrons. The lowest BCUT2D eigenvalue weighted by Crippen LogP contribution is -2.35. The first-order chi connectivity index (χ1) is 7.33. The second kappa shape index (κ2) is 5.13. The summed E-state index contributed by atoms with van der Waals surface area (Å²) in [5.41, 5.74) is 0.300. The van der Waals surface area contributed by atoms with Crippen molar-refractivity contribution in [2.45, 2.75) is 18.4 Å². The van der Waals surface area contributed by atoms with E-state index in [2.05, 4.69) is 0 Å². The Kier molecular flexibility index (Phi) is 4.30. The van der Waals surface area contributed by atoms with Gasteiger partial charge in [-0.1, -0.05) is 35.3 Å². The molecule has 1 atom stereocenters. The molecule has 0 saturated heterocycles. The Labute approximate surface area is 102 Å². The van der Waals surface area contributed by atoms with E-state index < -0.39 is 23.5 Å². The maximum atomic E-state index is 13.4. The topological polar surface area (TPSA) is 20.2 Å². The molecule has 5 heteroatoms. The van der Waals surface area contributed by atoms with Crippen molar-refractivity contribution in [3.8, 4) is 0 Å². The van der Waals surface area contributed by atoms with Crippen LogP contribution in [0.3, 0.4) is 0 Å². The third kappa shape index (κ3) is 3.44. The van der Waals surface area contributed by atoms with E-state index in [9.17, 15) is 8.78 Å². The molecular formula is C11H9Cl2F2O. The molecular weight excluding hydrogens is 257 g/mol. The van der Waals surface area contributed by atoms with Crippen LogP contribution in [0.4, 0.5) is 8.78 Å². The Balaban J connectivity index is 2.84. The van der Waals surface area contributed by atoms with Crippen molar-refractivity contribution < 1.29 is 13.9 Å². The largest absolute Gasteiger partial charge is 0.381 e. The fourth-order valence-electron chi connectivity index (χ4n) is 1.22. The minimum atomic E-state index is -3.42. The van der Waals surface area contributed by atoms with Gasteiger partial charge in [0.05, 0.1) is 5.03 Å². The van der Waals surface area contributed by atoms with E-state index in [1.54, 1.807) is 12.1 Å². The smallest absolute Gasteiger partial charge is 0.282 e. The summed E-state index contributed by atoms with van der Waals surface area (Å²) in [4.78, 5) is 0. The second-order valence-corrected chi connectivity index (χ2v) is 4.23. The van der Waals surface area contributed by atoms with E-state index in [4.69, 9.17) is 34.9 Å². The van der Waals surface area contributed by atoms with Gasteiger partial charge in [-0.2, -0.15) is 0 Å². The molecule has 1 radical (unpaired) electrons. The molecule has 0 aliphatic carbocycles. The van der Waals surface area contributed by atoms with Gasteiger partial charge in [-0.25, -0.2) is 8.78 Å². The Morgan fingerprint density at radius 1 is 1.50 bits per heavy atom. The number of hydrogen-bond donors (Lipinski definition) is 1. The maximum absolute atomic E-state index is 13.4. The predicted molar refractivity (Wildman–Crippen MR) is 59.8 cm³/mol. The van der Waals surface area contributed by atoms with Gasteiger partial charge >= 0.3 is 0 Å². The quantitative estimate of drug-likeness (QED) is 0.885. The maximum Gasteiger partial charge on any atom is 0.282 e. The standard InChI is InChI=1S/C11H9Cl2F2O/c1-7(12)10(16)11(14,15)6-8-3-2-4-9(13)5-8/h1-5,10,16H,6H2. The molecule has 0 saturated carbocycles. The van der Waals surface area contributed by atoms with Gasteiger partial charge in [-0.15, -0.1) is 0 Å². The van der Waals surface area contributed by atoms with Gasteiger partial charge in [-0.05, 0) is 24.3 Å². The Morgan fingerprint density at radius 3 is 2.62 bits per heavy atom. The Hall–Kier alpha value is -0.640. The zero-order valence-corrected chi connectivity index (χ0v) is 9.64. The predicted octanol–water partition coefficient (Wildman–Crippen LogP) is 3.43. The lowest BCUT2D eigenvalue weighted by Gasteiger charge is -2.21. The number of alkyl halides is 2. The highest BCUT2D eigenvalue weighted by Crippen LogP contribution is 2.29. The molecule has 0 fully saturated rings. The van der Waals surface area contributed by atoms with Gasteiger partial charge in [0.15, 0.2) is 6.10 Å². The lowest BCUT2D eigenvalue weighted by atomic mass is 10.0. The van der Waals surface area contributed by atoms with E-state index in [-0.39, 0.29) is 0 Å². The summed E-state index contributed by atoms with van der Waals surface area (Å²) in [5, 5.41) is 8.73. The van der Waals surface area contributed by atoms with Crippen LogP contribution >= 0.6 is 23.2 Å². The fraction of sp³-hybridized carbons (Fsp3) is 0.273. The van der Waals surface area contributed by atoms with E-state index >= 15 is 0 Å². The van der Waals surface area contributed by atoms with Crippen molar-refractivity contribution >= 4 is 23.2 Å². The number of rotatable bonds is 4. The van der Waals surface area contributed by atoms with Gasteiger partial charge in [0.2, 0.25) is 0 Å². The molecule has 1 aromatic carbocycles. The average Bonchev–Trinajstić information content (AvgIpc) is 2.15. The van der Waals surface area contributed by atoms with Crippen molar-refractivity contribution in [3.63, 3.8) is 0 Å². The highest BCUT2D eigenvalue weighted by Gasteiger charge is 2.39. The van der Waals surface area contributed by atoms with Crippen LogP contribution < -0.4 is 0 Å². The van der Waals surface area contributed by atoms with Gasteiger partial charge in [0, 0.05) is 11.4 Å². The molecule has 0 amide bonds. The zero-order chi connectivity index (χ0) is 12.3. The minimum absolute atomic E-state index is 0.300. The SMILES string of the molecule is [CH]=C(Cl)C(O)C(F)(F)Cc1cccc(Cl)c1. The molecule has 1 rings (SSSR count). The summed E-state index contributed by atoms with van der Waals surface area (Å²) < 4.78 is 26.8. The van der Waals surface area contributed by atoms with E-state index in [1.807, 2.05) is 0 Å². The summed E-state index contributed by atoms with van der Waals surface area (Å²) in [6.45, 7) is 4.93. The van der Waals surface area contributed by atoms with Gasteiger partial charge in [0.25, 0.3) is 5.92 Å². The van der Waals surface area contributed by atoms with Crippen molar-refractivity contribution in [3.05, 3.63) is 46.5 Å². The summed E-state index contributed by atoms with van der Waals surface area (Å²) in [6.07, 6.45) is -2.85. The highest BCUT2D eigenvalue weighted by atomic mass is 35.5. The number of hydrogen-bond acceptors (Lipinski definition) is 1. The molecule has 1 aromatic rings. The van der Waals surface area contributed by atoms with Crippen LogP contribution in [0.5, 0.6) is 0 Å². The fourth-order valence-corrected chi connectivity index (χ4v) is 1.59. The molecule has 0 aromatic heterocycles. The number of halogens is 4. The summed E-state index contributed by atoms with van der Waals surface area (Å²) in [7, 11) is 0. The highest BCUT2D eigenvalue weighted by molar-refractivity contribution is 6.30. The number of aliphatic hydroxyl groups excluding tert-OH is 1. The van der Waals surface area contributed by atoms with Crippen molar-refractivity contribution in [1.82, 2.24) is 0 Å². The van der Waals surface area contributed by atoms with Gasteiger partial charge < -0.3 is 5.11 Å². The summed E-state index contributed by atoms with van der Waals surface area (Å²) in [5.74, 6) is -3.42. The van der Waals surface area contributed by atoms with Crippen molar-refractivity contribution in [2.75, 3.05) is 0 Å². The molecule has 0 bridgehead atoms. The molecule has 0 aliphatic heterocycles. The van der Waals surface area contributed by atoms with Crippen LogP contribution in [0.25, 0.3) is 0 Å². The van der Waals surface area contributed by atoms with Crippen LogP contribution in [0, 0.1) is 6.58 Å². The van der Waals surface area contributed by atoms with E-state index in [0.717, 1.165) is 0 Å². The molecule has 1 N–H and O–H groups in total. The molecule has 16 heavy (non-hydrogen) atoms. The summed E-state index contributed by atoms with van der Waals surface area (Å²) >= 11 is 10.8. The van der Waals surface area contributed by atoms with Crippen molar-refractivity contribution in [1.29, 1.82) is 0 Å². The second-order valence-electron chi connectivity index (χ2n) is 3.36.